The first-order valence-electron chi connectivity index (χ1n) is 13.5. The SMILES string of the molecule is Cc1cnc(-c2cc(C(C)(C)C)c3ccccc3c2)cc1-c1ccc2c(c1)C(C)(C)CCCC2(C)C. The summed E-state index contributed by atoms with van der Waals surface area (Å²) in [5, 5.41) is 2.61. The summed E-state index contributed by atoms with van der Waals surface area (Å²) in [7, 11) is 0. The van der Waals surface area contributed by atoms with Gasteiger partial charge in [0.1, 0.15) is 0 Å². The Morgan fingerprint density at radius 1 is 0.750 bits per heavy atom. The third-order valence-corrected chi connectivity index (χ3v) is 8.46. The van der Waals surface area contributed by atoms with Crippen LogP contribution >= 0.6 is 0 Å². The van der Waals surface area contributed by atoms with Crippen LogP contribution < -0.4 is 0 Å². The number of benzene rings is 3. The minimum Gasteiger partial charge on any atom is -0.256 e. The van der Waals surface area contributed by atoms with Gasteiger partial charge in [0.05, 0.1) is 5.69 Å². The Morgan fingerprint density at radius 2 is 1.44 bits per heavy atom. The maximum absolute atomic E-state index is 4.92. The van der Waals surface area contributed by atoms with Gasteiger partial charge in [0.15, 0.2) is 0 Å². The molecule has 1 heteroatoms. The van der Waals surface area contributed by atoms with Crippen molar-refractivity contribution in [1.82, 2.24) is 4.98 Å². The summed E-state index contributed by atoms with van der Waals surface area (Å²) in [6.45, 7) is 18.7. The second-order valence-corrected chi connectivity index (χ2v) is 13.3. The molecule has 0 spiro atoms. The Balaban J connectivity index is 1.67. The molecule has 0 unspecified atom stereocenters. The molecule has 36 heavy (non-hydrogen) atoms. The van der Waals surface area contributed by atoms with Gasteiger partial charge in [-0.2, -0.15) is 0 Å². The monoisotopic (exact) mass is 475 g/mol. The first-order chi connectivity index (χ1) is 16.9. The summed E-state index contributed by atoms with van der Waals surface area (Å²) in [5.41, 5.74) is 10.9. The van der Waals surface area contributed by atoms with E-state index in [2.05, 4.69) is 122 Å². The Morgan fingerprint density at radius 3 is 2.17 bits per heavy atom. The fraction of sp³-hybridized carbons (Fsp3) is 0.400. The summed E-state index contributed by atoms with van der Waals surface area (Å²) in [5.74, 6) is 0. The first kappa shape index (κ1) is 24.8. The minimum atomic E-state index is 0.0541. The van der Waals surface area contributed by atoms with E-state index in [-0.39, 0.29) is 16.2 Å². The number of fused-ring (bicyclic) bond motifs is 2. The summed E-state index contributed by atoms with van der Waals surface area (Å²) in [6.07, 6.45) is 5.82. The van der Waals surface area contributed by atoms with Crippen LogP contribution in [0.5, 0.6) is 0 Å². The van der Waals surface area contributed by atoms with E-state index < -0.39 is 0 Å². The summed E-state index contributed by atoms with van der Waals surface area (Å²) in [6, 6.07) is 22.9. The van der Waals surface area contributed by atoms with E-state index in [1.165, 1.54) is 69.0 Å². The Kier molecular flexibility index (Phi) is 5.90. The molecule has 3 aromatic carbocycles. The molecule has 0 bridgehead atoms. The highest BCUT2D eigenvalue weighted by Gasteiger charge is 2.34. The lowest BCUT2D eigenvalue weighted by Crippen LogP contribution is -2.22. The zero-order chi connectivity index (χ0) is 25.9. The highest BCUT2D eigenvalue weighted by molar-refractivity contribution is 5.91. The Bertz CT molecular complexity index is 1450. The topological polar surface area (TPSA) is 12.9 Å². The third kappa shape index (κ3) is 4.38. The van der Waals surface area contributed by atoms with Gasteiger partial charge < -0.3 is 0 Å². The van der Waals surface area contributed by atoms with Gasteiger partial charge in [-0.1, -0.05) is 97.4 Å². The predicted molar refractivity (Wildman–Crippen MR) is 156 cm³/mol. The average molecular weight is 476 g/mol. The lowest BCUT2D eigenvalue weighted by molar-refractivity contribution is 0.433. The predicted octanol–water partition coefficient (Wildman–Crippen LogP) is 9.91. The van der Waals surface area contributed by atoms with Crippen LogP contribution in [0.2, 0.25) is 0 Å². The molecule has 5 rings (SSSR count). The van der Waals surface area contributed by atoms with E-state index >= 15 is 0 Å². The summed E-state index contributed by atoms with van der Waals surface area (Å²) >= 11 is 0. The van der Waals surface area contributed by atoms with E-state index in [4.69, 9.17) is 4.98 Å². The number of hydrogen-bond acceptors (Lipinski definition) is 1. The van der Waals surface area contributed by atoms with Gasteiger partial charge in [0.2, 0.25) is 0 Å². The largest absolute Gasteiger partial charge is 0.256 e. The highest BCUT2D eigenvalue weighted by Crippen LogP contribution is 2.45. The van der Waals surface area contributed by atoms with Gasteiger partial charge in [0, 0.05) is 11.8 Å². The lowest BCUT2D eigenvalue weighted by atomic mass is 9.74. The van der Waals surface area contributed by atoms with Crippen LogP contribution in [0, 0.1) is 6.92 Å². The van der Waals surface area contributed by atoms with Crippen molar-refractivity contribution >= 4 is 10.8 Å². The number of hydrogen-bond donors (Lipinski definition) is 0. The molecule has 4 aromatic rings. The smallest absolute Gasteiger partial charge is 0.0708 e. The van der Waals surface area contributed by atoms with Gasteiger partial charge in [-0.05, 0) is 98.4 Å². The minimum absolute atomic E-state index is 0.0541. The second kappa shape index (κ2) is 8.58. The quantitative estimate of drug-likeness (QED) is 0.263. The molecular weight excluding hydrogens is 434 g/mol. The Labute approximate surface area is 218 Å². The summed E-state index contributed by atoms with van der Waals surface area (Å²) < 4.78 is 0. The molecular formula is C35H41N. The molecule has 1 nitrogen and oxygen atoms in total. The molecule has 0 N–H and O–H groups in total. The molecule has 0 saturated heterocycles. The van der Waals surface area contributed by atoms with Gasteiger partial charge in [0.25, 0.3) is 0 Å². The van der Waals surface area contributed by atoms with Crippen LogP contribution in [0.25, 0.3) is 33.2 Å². The standard InChI is InChI=1S/C35H41N/c1-23-22-36-32(26-18-24-12-9-10-13-27(24)30(20-26)33(2,3)4)21-28(23)25-14-15-29-31(19-25)35(7,8)17-11-16-34(29,5)6/h9-10,12-15,18-22H,11,16-17H2,1-8H3. The molecule has 0 aliphatic heterocycles. The van der Waals surface area contributed by atoms with Gasteiger partial charge in [-0.25, -0.2) is 0 Å². The zero-order valence-corrected chi connectivity index (χ0v) is 23.4. The van der Waals surface area contributed by atoms with Crippen molar-refractivity contribution in [3.63, 3.8) is 0 Å². The number of pyridine rings is 1. The van der Waals surface area contributed by atoms with Crippen molar-refractivity contribution in [3.05, 3.63) is 89.1 Å². The zero-order valence-electron chi connectivity index (χ0n) is 23.4. The summed E-state index contributed by atoms with van der Waals surface area (Å²) in [4.78, 5) is 4.92. The molecule has 1 aliphatic rings. The average Bonchev–Trinajstić information content (AvgIpc) is 2.91. The van der Waals surface area contributed by atoms with Crippen LogP contribution in [0.1, 0.15) is 90.0 Å². The van der Waals surface area contributed by atoms with Gasteiger partial charge >= 0.3 is 0 Å². The van der Waals surface area contributed by atoms with E-state index in [1.807, 2.05) is 0 Å². The Hall–Kier alpha value is -2.93. The van der Waals surface area contributed by atoms with Crippen molar-refractivity contribution in [1.29, 1.82) is 0 Å². The van der Waals surface area contributed by atoms with Crippen LogP contribution in [0.3, 0.4) is 0 Å². The number of nitrogens with zero attached hydrogens (tertiary/aromatic N) is 1. The van der Waals surface area contributed by atoms with Crippen molar-refractivity contribution in [2.75, 3.05) is 0 Å². The van der Waals surface area contributed by atoms with E-state index in [1.54, 1.807) is 0 Å². The van der Waals surface area contributed by atoms with Crippen molar-refractivity contribution in [2.45, 2.75) is 90.9 Å². The molecule has 0 atom stereocenters. The molecule has 186 valence electrons. The number of rotatable bonds is 2. The molecule has 0 radical (unpaired) electrons. The number of aromatic nitrogens is 1. The number of aryl methyl sites for hydroxylation is 1. The van der Waals surface area contributed by atoms with Gasteiger partial charge in [-0.15, -0.1) is 0 Å². The molecule has 1 aromatic heterocycles. The second-order valence-electron chi connectivity index (χ2n) is 13.3. The van der Waals surface area contributed by atoms with Crippen LogP contribution in [0.4, 0.5) is 0 Å². The molecule has 1 aliphatic carbocycles. The fourth-order valence-electron chi connectivity index (χ4n) is 6.18. The third-order valence-electron chi connectivity index (χ3n) is 8.46. The van der Waals surface area contributed by atoms with Gasteiger partial charge in [-0.3, -0.25) is 4.98 Å². The van der Waals surface area contributed by atoms with E-state index in [0.717, 1.165) is 5.69 Å². The highest BCUT2D eigenvalue weighted by atomic mass is 14.7. The van der Waals surface area contributed by atoms with Crippen molar-refractivity contribution in [3.8, 4) is 22.4 Å². The maximum atomic E-state index is 4.92. The maximum Gasteiger partial charge on any atom is 0.0708 e. The normalized spacial score (nSPS) is 17.0. The molecule has 0 fully saturated rings. The molecule has 1 heterocycles. The molecule has 0 saturated carbocycles. The van der Waals surface area contributed by atoms with Crippen LogP contribution in [0.15, 0.2) is 66.9 Å². The van der Waals surface area contributed by atoms with E-state index in [0.29, 0.717) is 0 Å². The lowest BCUT2D eigenvalue weighted by Gasteiger charge is -2.30. The molecule has 0 amide bonds. The van der Waals surface area contributed by atoms with Crippen molar-refractivity contribution in [2.24, 2.45) is 0 Å². The fourth-order valence-corrected chi connectivity index (χ4v) is 6.18. The van der Waals surface area contributed by atoms with Crippen LogP contribution in [-0.4, -0.2) is 4.98 Å². The van der Waals surface area contributed by atoms with Crippen molar-refractivity contribution < 1.29 is 0 Å². The first-order valence-corrected chi connectivity index (χ1v) is 13.5. The van der Waals surface area contributed by atoms with E-state index in [9.17, 15) is 0 Å². The van der Waals surface area contributed by atoms with Crippen LogP contribution in [-0.2, 0) is 16.2 Å².